The Hall–Kier alpha value is -1.63. The molecule has 1 heterocycles. The van der Waals surface area contributed by atoms with Gasteiger partial charge in [-0.05, 0) is 36.0 Å². The van der Waals surface area contributed by atoms with Crippen LogP contribution in [-0.2, 0) is 6.42 Å². The van der Waals surface area contributed by atoms with Gasteiger partial charge in [-0.3, -0.25) is 4.98 Å². The smallest absolute Gasteiger partial charge is 0.0346 e. The lowest BCUT2D eigenvalue weighted by Gasteiger charge is -2.21. The first kappa shape index (κ1) is 15.3. The van der Waals surface area contributed by atoms with Gasteiger partial charge in [0.15, 0.2) is 0 Å². The molecule has 0 unspecified atom stereocenters. The highest BCUT2D eigenvalue weighted by Crippen LogP contribution is 2.29. The highest BCUT2D eigenvalue weighted by Gasteiger charge is 2.12. The Morgan fingerprint density at radius 3 is 2.59 bits per heavy atom. The third-order valence-electron chi connectivity index (χ3n) is 5.02. The van der Waals surface area contributed by atoms with Gasteiger partial charge in [0.05, 0.1) is 0 Å². The molecule has 0 spiro atoms. The van der Waals surface area contributed by atoms with Gasteiger partial charge < -0.3 is 0 Å². The maximum absolute atomic E-state index is 4.26. The molecule has 116 valence electrons. The van der Waals surface area contributed by atoms with Gasteiger partial charge in [-0.25, -0.2) is 0 Å². The largest absolute Gasteiger partial charge is 0.264 e. The van der Waals surface area contributed by atoms with Crippen LogP contribution in [-0.4, -0.2) is 4.98 Å². The van der Waals surface area contributed by atoms with E-state index in [2.05, 4.69) is 35.3 Å². The van der Waals surface area contributed by atoms with Crippen LogP contribution in [0.1, 0.15) is 56.9 Å². The average molecular weight is 293 g/mol. The summed E-state index contributed by atoms with van der Waals surface area (Å²) in [6.07, 6.45) is 16.5. The molecule has 1 aromatic heterocycles. The summed E-state index contributed by atoms with van der Waals surface area (Å²) < 4.78 is 0. The molecule has 22 heavy (non-hydrogen) atoms. The first-order chi connectivity index (χ1) is 10.9. The fourth-order valence-electron chi connectivity index (χ4n) is 3.77. The molecule has 0 N–H and O–H groups in total. The molecule has 2 aromatic rings. The van der Waals surface area contributed by atoms with Gasteiger partial charge in [-0.2, -0.15) is 0 Å². The monoisotopic (exact) mass is 293 g/mol. The second-order valence-corrected chi connectivity index (χ2v) is 6.65. The molecule has 1 heteroatoms. The Morgan fingerprint density at radius 2 is 1.77 bits per heavy atom. The lowest BCUT2D eigenvalue weighted by Crippen LogP contribution is -2.06. The topological polar surface area (TPSA) is 12.9 Å². The van der Waals surface area contributed by atoms with Crippen molar-refractivity contribution in [2.24, 2.45) is 5.92 Å². The van der Waals surface area contributed by atoms with Gasteiger partial charge in [0.25, 0.3) is 0 Å². The normalized spacial score (nSPS) is 15.8. The Balaban J connectivity index is 1.54. The summed E-state index contributed by atoms with van der Waals surface area (Å²) >= 11 is 0. The van der Waals surface area contributed by atoms with Crippen molar-refractivity contribution < 1.29 is 0 Å². The minimum atomic E-state index is 1.02. The summed E-state index contributed by atoms with van der Waals surface area (Å²) in [6.45, 7) is 0. The molecule has 0 radical (unpaired) electrons. The molecular weight excluding hydrogens is 266 g/mol. The summed E-state index contributed by atoms with van der Waals surface area (Å²) in [6, 6.07) is 13.0. The quantitative estimate of drug-likeness (QED) is 0.591. The number of unbranched alkanes of at least 4 members (excludes halogenated alkanes) is 1. The summed E-state index contributed by atoms with van der Waals surface area (Å²) in [5.74, 6) is 1.02. The van der Waals surface area contributed by atoms with Crippen LogP contribution in [0.4, 0.5) is 0 Å². The van der Waals surface area contributed by atoms with Gasteiger partial charge >= 0.3 is 0 Å². The highest BCUT2D eigenvalue weighted by molar-refractivity contribution is 5.66. The van der Waals surface area contributed by atoms with Crippen molar-refractivity contribution in [2.75, 3.05) is 0 Å². The van der Waals surface area contributed by atoms with Crippen molar-refractivity contribution in [3.05, 3.63) is 54.4 Å². The minimum Gasteiger partial charge on any atom is -0.264 e. The van der Waals surface area contributed by atoms with Gasteiger partial charge in [0, 0.05) is 18.0 Å². The molecule has 1 saturated carbocycles. The third-order valence-corrected chi connectivity index (χ3v) is 5.02. The number of hydrogen-bond donors (Lipinski definition) is 0. The summed E-state index contributed by atoms with van der Waals surface area (Å²) in [4.78, 5) is 4.26. The van der Waals surface area contributed by atoms with E-state index >= 15 is 0 Å². The van der Waals surface area contributed by atoms with Gasteiger partial charge in [-0.15, -0.1) is 0 Å². The molecule has 3 rings (SSSR count). The number of hydrogen-bond acceptors (Lipinski definition) is 1. The van der Waals surface area contributed by atoms with E-state index in [1.54, 1.807) is 0 Å². The zero-order valence-electron chi connectivity index (χ0n) is 13.5. The molecular formula is C21H27N. The Kier molecular flexibility index (Phi) is 5.64. The molecule has 1 aliphatic carbocycles. The zero-order valence-corrected chi connectivity index (χ0v) is 13.5. The van der Waals surface area contributed by atoms with Crippen molar-refractivity contribution in [1.29, 1.82) is 0 Å². The highest BCUT2D eigenvalue weighted by atomic mass is 14.6. The number of pyridine rings is 1. The maximum Gasteiger partial charge on any atom is 0.0346 e. The number of aryl methyl sites for hydroxylation is 1. The van der Waals surface area contributed by atoms with Crippen LogP contribution in [0, 0.1) is 5.92 Å². The third kappa shape index (κ3) is 4.19. The molecule has 1 aromatic carbocycles. The standard InChI is InChI=1S/C21H27N/c1-2-9-18(10-3-1)11-4-5-12-19-13-6-7-15-21(19)20-14-8-16-22-17-20/h6-8,13-18H,1-5,9-12H2. The predicted octanol–water partition coefficient (Wildman–Crippen LogP) is 6.04. The Morgan fingerprint density at radius 1 is 0.909 bits per heavy atom. The van der Waals surface area contributed by atoms with Crippen LogP contribution in [0.5, 0.6) is 0 Å². The molecule has 0 atom stereocenters. The summed E-state index contributed by atoms with van der Waals surface area (Å²) in [5.41, 5.74) is 4.07. The van der Waals surface area contributed by atoms with Crippen LogP contribution in [0.3, 0.4) is 0 Å². The number of aromatic nitrogens is 1. The number of benzene rings is 1. The maximum atomic E-state index is 4.26. The molecule has 1 aliphatic rings. The van der Waals surface area contributed by atoms with Gasteiger partial charge in [0.1, 0.15) is 0 Å². The van der Waals surface area contributed by atoms with E-state index in [9.17, 15) is 0 Å². The van der Waals surface area contributed by atoms with Crippen LogP contribution in [0.15, 0.2) is 48.8 Å². The van der Waals surface area contributed by atoms with E-state index < -0.39 is 0 Å². The summed E-state index contributed by atoms with van der Waals surface area (Å²) in [7, 11) is 0. The average Bonchev–Trinajstić information content (AvgIpc) is 2.61. The lowest BCUT2D eigenvalue weighted by molar-refractivity contribution is 0.330. The van der Waals surface area contributed by atoms with Crippen LogP contribution < -0.4 is 0 Å². The van der Waals surface area contributed by atoms with Gasteiger partial charge in [-0.1, -0.05) is 75.3 Å². The first-order valence-electron chi connectivity index (χ1n) is 8.92. The predicted molar refractivity (Wildman–Crippen MR) is 93.8 cm³/mol. The second kappa shape index (κ2) is 8.12. The van der Waals surface area contributed by atoms with Crippen LogP contribution >= 0.6 is 0 Å². The molecule has 0 saturated heterocycles. The van der Waals surface area contributed by atoms with Crippen molar-refractivity contribution in [3.8, 4) is 11.1 Å². The van der Waals surface area contributed by atoms with Crippen molar-refractivity contribution in [2.45, 2.75) is 57.8 Å². The lowest BCUT2D eigenvalue weighted by atomic mass is 9.85. The minimum absolute atomic E-state index is 1.02. The SMILES string of the molecule is c1cncc(-c2ccccc2CCCCC2CCCCC2)c1. The fourth-order valence-corrected chi connectivity index (χ4v) is 3.77. The zero-order chi connectivity index (χ0) is 15.0. The van der Waals surface area contributed by atoms with Gasteiger partial charge in [0.2, 0.25) is 0 Å². The number of nitrogens with zero attached hydrogens (tertiary/aromatic N) is 1. The second-order valence-electron chi connectivity index (χ2n) is 6.65. The van der Waals surface area contributed by atoms with Crippen molar-refractivity contribution in [3.63, 3.8) is 0 Å². The van der Waals surface area contributed by atoms with E-state index in [1.165, 1.54) is 74.5 Å². The van der Waals surface area contributed by atoms with Crippen molar-refractivity contribution in [1.82, 2.24) is 4.98 Å². The van der Waals surface area contributed by atoms with Crippen molar-refractivity contribution >= 4 is 0 Å². The number of rotatable bonds is 6. The fraction of sp³-hybridized carbons (Fsp3) is 0.476. The Bertz CT molecular complexity index is 555. The van der Waals surface area contributed by atoms with E-state index in [-0.39, 0.29) is 0 Å². The Labute approximate surface area is 134 Å². The molecule has 1 fully saturated rings. The summed E-state index contributed by atoms with van der Waals surface area (Å²) in [5, 5.41) is 0. The van der Waals surface area contributed by atoms with E-state index in [0.29, 0.717) is 0 Å². The van der Waals surface area contributed by atoms with E-state index in [0.717, 1.165) is 5.92 Å². The molecule has 1 nitrogen and oxygen atoms in total. The van der Waals surface area contributed by atoms with E-state index in [1.807, 2.05) is 18.5 Å². The molecule has 0 amide bonds. The first-order valence-corrected chi connectivity index (χ1v) is 8.92. The molecule has 0 aliphatic heterocycles. The van der Waals surface area contributed by atoms with Crippen LogP contribution in [0.25, 0.3) is 11.1 Å². The molecule has 0 bridgehead atoms. The van der Waals surface area contributed by atoms with Crippen LogP contribution in [0.2, 0.25) is 0 Å². The van der Waals surface area contributed by atoms with E-state index in [4.69, 9.17) is 0 Å².